The monoisotopic (exact) mass is 585 g/mol. The molecule has 0 spiro atoms. The molecule has 11 heteroatoms. The van der Waals surface area contributed by atoms with Crippen LogP contribution in [0.2, 0.25) is 0 Å². The molecule has 3 aromatic heterocycles. The van der Waals surface area contributed by atoms with Crippen molar-refractivity contribution in [2.24, 2.45) is 0 Å². The summed E-state index contributed by atoms with van der Waals surface area (Å²) in [5.41, 5.74) is 1.52. The van der Waals surface area contributed by atoms with Crippen molar-refractivity contribution >= 4 is 28.6 Å². The highest BCUT2D eigenvalue weighted by molar-refractivity contribution is 5.92. The van der Waals surface area contributed by atoms with Gasteiger partial charge in [0.1, 0.15) is 23.6 Å². The fourth-order valence-electron chi connectivity index (χ4n) is 5.94. The number of nitrogens with zero attached hydrogens (tertiary/aromatic N) is 6. The molecule has 0 radical (unpaired) electrons. The summed E-state index contributed by atoms with van der Waals surface area (Å²) in [7, 11) is 0. The summed E-state index contributed by atoms with van der Waals surface area (Å²) >= 11 is 0. The predicted molar refractivity (Wildman–Crippen MR) is 164 cm³/mol. The number of hydrogen-bond acceptors (Lipinski definition) is 8. The molecule has 1 unspecified atom stereocenters. The maximum atomic E-state index is 16.1. The number of anilines is 2. The molecule has 2 bridgehead atoms. The number of aliphatic hydroxyl groups is 1. The lowest BCUT2D eigenvalue weighted by atomic mass is 10.0. The smallest absolute Gasteiger partial charge is 0.355 e. The minimum atomic E-state index is -0.808. The summed E-state index contributed by atoms with van der Waals surface area (Å²) in [5.74, 6) is -1.18. The average molecular weight is 586 g/mol. The van der Waals surface area contributed by atoms with Crippen molar-refractivity contribution in [3.05, 3.63) is 88.6 Å². The Labute approximate surface area is 247 Å². The van der Waals surface area contributed by atoms with Gasteiger partial charge in [-0.15, -0.1) is 0 Å². The number of benzene rings is 1. The molecule has 6 rings (SSSR count). The maximum Gasteiger partial charge on any atom is 0.355 e. The first-order valence-electron chi connectivity index (χ1n) is 14.3. The number of piperazine rings is 1. The van der Waals surface area contributed by atoms with E-state index in [9.17, 15) is 9.90 Å². The molecule has 2 atom stereocenters. The highest BCUT2D eigenvalue weighted by Crippen LogP contribution is 2.37. The molecule has 1 aromatic carbocycles. The Hall–Kier alpha value is -4.48. The van der Waals surface area contributed by atoms with Crippen molar-refractivity contribution < 1.29 is 13.9 Å². The lowest BCUT2D eigenvalue weighted by Crippen LogP contribution is -2.55. The van der Waals surface area contributed by atoms with Gasteiger partial charge in [0.25, 0.3) is 0 Å². The van der Waals surface area contributed by atoms with Crippen molar-refractivity contribution in [3.8, 4) is 16.9 Å². The average Bonchev–Trinajstić information content (AvgIpc) is 2.98. The molecule has 1 fully saturated rings. The lowest BCUT2D eigenvalue weighted by molar-refractivity contribution is 0.0296. The number of fused-ring (bicyclic) bond motifs is 5. The van der Waals surface area contributed by atoms with Gasteiger partial charge in [0.15, 0.2) is 11.5 Å². The van der Waals surface area contributed by atoms with Gasteiger partial charge < -0.3 is 15.3 Å². The predicted octanol–water partition coefficient (Wildman–Crippen LogP) is 4.70. The van der Waals surface area contributed by atoms with Crippen LogP contribution in [-0.2, 0) is 0 Å². The molecule has 4 aromatic rings. The molecule has 9 nitrogen and oxygen atoms in total. The van der Waals surface area contributed by atoms with E-state index in [-0.39, 0.29) is 34.7 Å². The van der Waals surface area contributed by atoms with Crippen LogP contribution in [0.25, 0.3) is 34.1 Å². The van der Waals surface area contributed by atoms with E-state index in [2.05, 4.69) is 21.9 Å². The van der Waals surface area contributed by atoms with E-state index in [1.165, 1.54) is 22.8 Å². The highest BCUT2D eigenvalue weighted by Gasteiger charge is 2.31. The van der Waals surface area contributed by atoms with Crippen LogP contribution in [0.3, 0.4) is 0 Å². The van der Waals surface area contributed by atoms with Gasteiger partial charge in [-0.1, -0.05) is 38.6 Å². The Morgan fingerprint density at radius 2 is 1.98 bits per heavy atom. The number of nitrogens with one attached hydrogen (secondary N) is 1. The molecular formula is C32H33F2N7O2. The van der Waals surface area contributed by atoms with Gasteiger partial charge in [-0.05, 0) is 43.2 Å². The highest BCUT2D eigenvalue weighted by atomic mass is 19.1. The van der Waals surface area contributed by atoms with Gasteiger partial charge in [0, 0.05) is 49.7 Å². The summed E-state index contributed by atoms with van der Waals surface area (Å²) in [4.78, 5) is 31.8. The van der Waals surface area contributed by atoms with Crippen LogP contribution >= 0.6 is 0 Å². The Balaban J connectivity index is 1.69. The van der Waals surface area contributed by atoms with E-state index < -0.39 is 23.6 Å². The molecule has 0 amide bonds. The molecule has 0 saturated carbocycles. The van der Waals surface area contributed by atoms with Crippen molar-refractivity contribution in [1.82, 2.24) is 24.4 Å². The third-order valence-corrected chi connectivity index (χ3v) is 8.03. The first kappa shape index (κ1) is 28.6. The maximum absolute atomic E-state index is 16.1. The first-order valence-corrected chi connectivity index (χ1v) is 14.3. The summed E-state index contributed by atoms with van der Waals surface area (Å²) in [5, 5.41) is 13.8. The summed E-state index contributed by atoms with van der Waals surface area (Å²) in [6, 6.07) is 7.38. The van der Waals surface area contributed by atoms with Crippen LogP contribution < -0.4 is 15.9 Å². The van der Waals surface area contributed by atoms with Crippen LogP contribution in [0, 0.1) is 11.6 Å². The van der Waals surface area contributed by atoms with Crippen molar-refractivity contribution in [3.63, 3.8) is 0 Å². The zero-order chi connectivity index (χ0) is 30.4. The van der Waals surface area contributed by atoms with Crippen LogP contribution in [0.5, 0.6) is 0 Å². The van der Waals surface area contributed by atoms with E-state index in [1.54, 1.807) is 24.4 Å². The van der Waals surface area contributed by atoms with E-state index in [0.717, 1.165) is 0 Å². The largest absolute Gasteiger partial charge is 0.381 e. The number of aliphatic hydroxyl groups excluding tert-OH is 1. The van der Waals surface area contributed by atoms with Crippen LogP contribution in [0.4, 0.5) is 20.3 Å². The van der Waals surface area contributed by atoms with Gasteiger partial charge in [-0.3, -0.25) is 9.88 Å². The Kier molecular flexibility index (Phi) is 7.53. The minimum Gasteiger partial charge on any atom is -0.381 e. The number of pyridine rings is 2. The number of rotatable bonds is 4. The second kappa shape index (κ2) is 11.3. The molecule has 2 aliphatic rings. The van der Waals surface area contributed by atoms with Gasteiger partial charge in [-0.25, -0.2) is 23.1 Å². The zero-order valence-corrected chi connectivity index (χ0v) is 24.3. The SMILES string of the molecule is C=CC(O)N1CCN(c2nc(=O)n3c4nc(c(F)cc24)-c2c(F)cccc2NC/C=C\c2ccnc(C(C)C)c2-3)[C@@H](C)C1. The fraction of sp³-hybridized carbons (Fsp3) is 0.312. The Morgan fingerprint density at radius 3 is 2.72 bits per heavy atom. The summed E-state index contributed by atoms with van der Waals surface area (Å²) < 4.78 is 32.9. The van der Waals surface area contributed by atoms with Gasteiger partial charge in [0.05, 0.1) is 22.3 Å². The molecule has 222 valence electrons. The molecule has 2 aliphatic heterocycles. The quantitative estimate of drug-likeness (QED) is 0.333. The number of aromatic nitrogens is 4. The van der Waals surface area contributed by atoms with Crippen LogP contribution in [0.1, 0.15) is 37.9 Å². The van der Waals surface area contributed by atoms with Gasteiger partial charge in [-0.2, -0.15) is 4.98 Å². The molecule has 43 heavy (non-hydrogen) atoms. The second-order valence-electron chi connectivity index (χ2n) is 11.2. The molecular weight excluding hydrogens is 552 g/mol. The number of hydrogen-bond donors (Lipinski definition) is 2. The third kappa shape index (κ3) is 4.98. The van der Waals surface area contributed by atoms with Crippen LogP contribution in [0.15, 0.2) is 60.1 Å². The van der Waals surface area contributed by atoms with Gasteiger partial charge in [0.2, 0.25) is 0 Å². The van der Waals surface area contributed by atoms with Crippen molar-refractivity contribution in [2.75, 3.05) is 36.4 Å². The van der Waals surface area contributed by atoms with Crippen molar-refractivity contribution in [2.45, 2.75) is 39.0 Å². The van der Waals surface area contributed by atoms with Crippen molar-refractivity contribution in [1.29, 1.82) is 0 Å². The Bertz CT molecular complexity index is 1820. The topological polar surface area (TPSA) is 99.4 Å². The molecule has 5 heterocycles. The van der Waals surface area contributed by atoms with E-state index >= 15 is 8.78 Å². The molecule has 1 saturated heterocycles. The van der Waals surface area contributed by atoms with E-state index in [4.69, 9.17) is 4.98 Å². The lowest BCUT2D eigenvalue weighted by Gasteiger charge is -2.42. The van der Waals surface area contributed by atoms with E-state index in [1.807, 2.05) is 42.7 Å². The first-order chi connectivity index (χ1) is 20.7. The standard InChI is InChI=1S/C32H33F2N7O2/c1-5-25(42)39-14-15-40(19(4)17-39)30-21-16-23(34)28-26-22(33)9-6-10-24(26)35-12-7-8-20-11-13-36-27(18(2)3)29(20)41(31(21)37-28)32(43)38-30/h5-11,13,16,18-19,25,35,42H,1,12,14-15,17H2,2-4H3/b8-7-/t19-,25?/m0/s1. The normalized spacial score (nSPS) is 18.4. The van der Waals surface area contributed by atoms with Crippen LogP contribution in [-0.4, -0.2) is 68.0 Å². The van der Waals surface area contributed by atoms with Gasteiger partial charge >= 0.3 is 5.69 Å². The summed E-state index contributed by atoms with van der Waals surface area (Å²) in [6.07, 6.45) is 6.08. The second-order valence-corrected chi connectivity index (χ2v) is 11.2. The Morgan fingerprint density at radius 1 is 1.16 bits per heavy atom. The van der Waals surface area contributed by atoms with E-state index in [0.29, 0.717) is 54.2 Å². The minimum absolute atomic E-state index is 0.0240. The third-order valence-electron chi connectivity index (χ3n) is 8.03. The zero-order valence-electron chi connectivity index (χ0n) is 24.3. The summed E-state index contributed by atoms with van der Waals surface area (Å²) in [6.45, 7) is 11.2. The molecule has 0 aliphatic carbocycles. The number of halogens is 2. The molecule has 2 N–H and O–H groups in total. The fourth-order valence-corrected chi connectivity index (χ4v) is 5.94.